The van der Waals surface area contributed by atoms with Crippen molar-refractivity contribution in [1.82, 2.24) is 14.5 Å². The molecule has 2 aromatic heterocycles. The number of rotatable bonds is 4. The first-order chi connectivity index (χ1) is 9.06. The molecule has 1 aliphatic rings. The van der Waals surface area contributed by atoms with E-state index in [9.17, 15) is 8.42 Å². The van der Waals surface area contributed by atoms with Crippen LogP contribution >= 0.6 is 0 Å². The van der Waals surface area contributed by atoms with Gasteiger partial charge in [-0.05, 0) is 31.9 Å². The van der Waals surface area contributed by atoms with Gasteiger partial charge in [0.1, 0.15) is 11.6 Å². The summed E-state index contributed by atoms with van der Waals surface area (Å²) in [6, 6.07) is 3.47. The number of hydrogen-bond donors (Lipinski definition) is 1. The second-order valence-electron chi connectivity index (χ2n) is 4.60. The number of sulfonamides is 1. The Morgan fingerprint density at radius 3 is 2.63 bits per heavy atom. The van der Waals surface area contributed by atoms with Gasteiger partial charge in [-0.3, -0.25) is 9.29 Å². The molecule has 0 radical (unpaired) electrons. The van der Waals surface area contributed by atoms with E-state index in [-0.39, 0.29) is 5.25 Å². The SMILES string of the molecule is Cc1nccn1-c1ccc(NS(=O)(=O)C2CC2)cn1. The van der Waals surface area contributed by atoms with Gasteiger partial charge in [0, 0.05) is 12.4 Å². The van der Waals surface area contributed by atoms with Crippen LogP contribution in [0.25, 0.3) is 5.82 Å². The molecule has 1 aliphatic carbocycles. The molecular weight excluding hydrogens is 264 g/mol. The van der Waals surface area contributed by atoms with Crippen molar-refractivity contribution in [3.8, 4) is 5.82 Å². The maximum Gasteiger partial charge on any atom is 0.235 e. The van der Waals surface area contributed by atoms with Gasteiger partial charge in [0.2, 0.25) is 10.0 Å². The van der Waals surface area contributed by atoms with Crippen LogP contribution < -0.4 is 4.72 Å². The number of aryl methyl sites for hydroxylation is 1. The van der Waals surface area contributed by atoms with Crippen molar-refractivity contribution >= 4 is 15.7 Å². The van der Waals surface area contributed by atoms with Gasteiger partial charge in [0.15, 0.2) is 0 Å². The third-order valence-electron chi connectivity index (χ3n) is 3.04. The van der Waals surface area contributed by atoms with E-state index in [1.165, 1.54) is 6.20 Å². The molecule has 0 aliphatic heterocycles. The van der Waals surface area contributed by atoms with Crippen molar-refractivity contribution in [3.05, 3.63) is 36.5 Å². The highest BCUT2D eigenvalue weighted by molar-refractivity contribution is 7.93. The molecular formula is C12H14N4O2S. The molecule has 3 rings (SSSR count). The molecule has 0 spiro atoms. The van der Waals surface area contributed by atoms with Crippen LogP contribution in [0.1, 0.15) is 18.7 Å². The first kappa shape index (κ1) is 12.2. The number of anilines is 1. The minimum Gasteiger partial charge on any atom is -0.288 e. The lowest BCUT2D eigenvalue weighted by molar-refractivity contribution is 0.600. The van der Waals surface area contributed by atoms with Crippen molar-refractivity contribution in [2.24, 2.45) is 0 Å². The molecule has 0 aromatic carbocycles. The van der Waals surface area contributed by atoms with Gasteiger partial charge in [0.05, 0.1) is 17.1 Å². The van der Waals surface area contributed by atoms with E-state index in [4.69, 9.17) is 0 Å². The van der Waals surface area contributed by atoms with E-state index >= 15 is 0 Å². The van der Waals surface area contributed by atoms with Crippen LogP contribution in [0.3, 0.4) is 0 Å². The Morgan fingerprint density at radius 1 is 1.32 bits per heavy atom. The first-order valence-electron chi connectivity index (χ1n) is 6.04. The summed E-state index contributed by atoms with van der Waals surface area (Å²) >= 11 is 0. The third kappa shape index (κ3) is 2.46. The molecule has 19 heavy (non-hydrogen) atoms. The van der Waals surface area contributed by atoms with Crippen LogP contribution in [0.2, 0.25) is 0 Å². The standard InChI is InChI=1S/C12H14N4O2S/c1-9-13-6-7-16(9)12-5-2-10(8-14-12)15-19(17,18)11-3-4-11/h2,5-8,11,15H,3-4H2,1H3. The van der Waals surface area contributed by atoms with Gasteiger partial charge in [-0.25, -0.2) is 18.4 Å². The van der Waals surface area contributed by atoms with Crippen molar-refractivity contribution in [2.45, 2.75) is 25.0 Å². The summed E-state index contributed by atoms with van der Waals surface area (Å²) in [5, 5.41) is -0.233. The Morgan fingerprint density at radius 2 is 2.11 bits per heavy atom. The summed E-state index contributed by atoms with van der Waals surface area (Å²) in [7, 11) is -3.22. The largest absolute Gasteiger partial charge is 0.288 e. The summed E-state index contributed by atoms with van der Waals surface area (Å²) in [6.45, 7) is 1.88. The number of nitrogens with one attached hydrogen (secondary N) is 1. The smallest absolute Gasteiger partial charge is 0.235 e. The van der Waals surface area contributed by atoms with Gasteiger partial charge in [-0.2, -0.15) is 0 Å². The number of hydrogen-bond acceptors (Lipinski definition) is 4. The quantitative estimate of drug-likeness (QED) is 0.919. The third-order valence-corrected chi connectivity index (χ3v) is 4.91. The Labute approximate surface area is 111 Å². The minimum atomic E-state index is -3.22. The van der Waals surface area contributed by atoms with Crippen LogP contribution in [-0.2, 0) is 10.0 Å². The zero-order valence-corrected chi connectivity index (χ0v) is 11.3. The molecule has 1 saturated carbocycles. The lowest BCUT2D eigenvalue weighted by Crippen LogP contribution is -2.17. The molecule has 0 unspecified atom stereocenters. The summed E-state index contributed by atoms with van der Waals surface area (Å²) in [5.41, 5.74) is 0.494. The average Bonchev–Trinajstić information content (AvgIpc) is 3.14. The van der Waals surface area contributed by atoms with E-state index in [0.717, 1.165) is 18.7 Å². The maximum atomic E-state index is 11.8. The minimum absolute atomic E-state index is 0.233. The van der Waals surface area contributed by atoms with Crippen molar-refractivity contribution in [3.63, 3.8) is 0 Å². The van der Waals surface area contributed by atoms with Gasteiger partial charge in [-0.1, -0.05) is 0 Å². The normalized spacial score (nSPS) is 15.4. The van der Waals surface area contributed by atoms with E-state index in [0.29, 0.717) is 11.5 Å². The van der Waals surface area contributed by atoms with E-state index < -0.39 is 10.0 Å². The molecule has 0 amide bonds. The van der Waals surface area contributed by atoms with Gasteiger partial charge in [-0.15, -0.1) is 0 Å². The zero-order valence-electron chi connectivity index (χ0n) is 10.4. The lowest BCUT2D eigenvalue weighted by Gasteiger charge is -2.08. The fourth-order valence-electron chi connectivity index (χ4n) is 1.83. The van der Waals surface area contributed by atoms with E-state index in [2.05, 4.69) is 14.7 Å². The summed E-state index contributed by atoms with van der Waals surface area (Å²) in [6.07, 6.45) is 6.52. The molecule has 1 fully saturated rings. The lowest BCUT2D eigenvalue weighted by atomic mass is 10.4. The highest BCUT2D eigenvalue weighted by atomic mass is 32.2. The van der Waals surface area contributed by atoms with Crippen LogP contribution in [0, 0.1) is 6.92 Å². The molecule has 1 N–H and O–H groups in total. The maximum absolute atomic E-state index is 11.8. The number of pyridine rings is 1. The van der Waals surface area contributed by atoms with E-state index in [1.54, 1.807) is 18.3 Å². The fraction of sp³-hybridized carbons (Fsp3) is 0.333. The van der Waals surface area contributed by atoms with Crippen LogP contribution in [0.4, 0.5) is 5.69 Å². The summed E-state index contributed by atoms with van der Waals surface area (Å²) in [5.74, 6) is 1.54. The van der Waals surface area contributed by atoms with Crippen molar-refractivity contribution < 1.29 is 8.42 Å². The Hall–Kier alpha value is -1.89. The molecule has 0 atom stereocenters. The highest BCUT2D eigenvalue weighted by Gasteiger charge is 2.35. The molecule has 0 bridgehead atoms. The monoisotopic (exact) mass is 278 g/mol. The molecule has 7 heteroatoms. The van der Waals surface area contributed by atoms with Gasteiger partial charge in [0.25, 0.3) is 0 Å². The summed E-state index contributed by atoms with van der Waals surface area (Å²) < 4.78 is 27.9. The second kappa shape index (κ2) is 4.34. The number of nitrogens with zero attached hydrogens (tertiary/aromatic N) is 3. The topological polar surface area (TPSA) is 76.9 Å². The van der Waals surface area contributed by atoms with Crippen LogP contribution in [0.15, 0.2) is 30.7 Å². The van der Waals surface area contributed by atoms with Gasteiger partial charge < -0.3 is 0 Å². The first-order valence-corrected chi connectivity index (χ1v) is 7.59. The van der Waals surface area contributed by atoms with Gasteiger partial charge >= 0.3 is 0 Å². The fourth-order valence-corrected chi connectivity index (χ4v) is 3.21. The zero-order chi connectivity index (χ0) is 13.5. The van der Waals surface area contributed by atoms with Crippen LogP contribution in [-0.4, -0.2) is 28.2 Å². The molecule has 2 aromatic rings. The van der Waals surface area contributed by atoms with Crippen molar-refractivity contribution in [2.75, 3.05) is 4.72 Å². The highest BCUT2D eigenvalue weighted by Crippen LogP contribution is 2.29. The predicted octanol–water partition coefficient (Wildman–Crippen LogP) is 1.48. The molecule has 2 heterocycles. The van der Waals surface area contributed by atoms with Crippen LogP contribution in [0.5, 0.6) is 0 Å². The Balaban J connectivity index is 1.81. The number of imidazole rings is 1. The average molecular weight is 278 g/mol. The number of aromatic nitrogens is 3. The van der Waals surface area contributed by atoms with Crippen molar-refractivity contribution in [1.29, 1.82) is 0 Å². The molecule has 0 saturated heterocycles. The summed E-state index contributed by atoms with van der Waals surface area (Å²) in [4.78, 5) is 8.36. The Bertz CT molecular complexity index is 687. The molecule has 100 valence electrons. The molecule has 6 nitrogen and oxygen atoms in total. The van der Waals surface area contributed by atoms with E-state index in [1.807, 2.05) is 17.7 Å². The predicted molar refractivity (Wildman–Crippen MR) is 71.7 cm³/mol. The Kier molecular flexibility index (Phi) is 2.78. The second-order valence-corrected chi connectivity index (χ2v) is 6.56.